The van der Waals surface area contributed by atoms with E-state index >= 15 is 0 Å². The Labute approximate surface area is 61.8 Å². The fourth-order valence-electron chi connectivity index (χ4n) is 1.24. The third kappa shape index (κ3) is 1.94. The van der Waals surface area contributed by atoms with Crippen molar-refractivity contribution >= 4 is 17.2 Å². The standard InChI is InChI=1S/C7H13NS/c1-2-3-6-4-5-7(9)8-6/h6H,2-5H2,1H3,(H,8,9). The molecule has 1 saturated heterocycles. The molecule has 9 heavy (non-hydrogen) atoms. The molecule has 52 valence electrons. The van der Waals surface area contributed by atoms with E-state index in [0.29, 0.717) is 6.04 Å². The van der Waals surface area contributed by atoms with E-state index in [-0.39, 0.29) is 0 Å². The summed E-state index contributed by atoms with van der Waals surface area (Å²) in [5.41, 5.74) is 0. The predicted molar refractivity (Wildman–Crippen MR) is 43.7 cm³/mol. The maximum absolute atomic E-state index is 5.00. The summed E-state index contributed by atoms with van der Waals surface area (Å²) in [7, 11) is 0. The van der Waals surface area contributed by atoms with Gasteiger partial charge in [0.25, 0.3) is 0 Å². The molecule has 0 radical (unpaired) electrons. The molecule has 1 nitrogen and oxygen atoms in total. The summed E-state index contributed by atoms with van der Waals surface area (Å²) in [6.07, 6.45) is 4.91. The minimum atomic E-state index is 0.697. The second kappa shape index (κ2) is 3.16. The molecule has 0 aromatic carbocycles. The van der Waals surface area contributed by atoms with Crippen molar-refractivity contribution in [2.75, 3.05) is 0 Å². The van der Waals surface area contributed by atoms with Crippen LogP contribution in [0.15, 0.2) is 0 Å². The highest BCUT2D eigenvalue weighted by molar-refractivity contribution is 7.80. The molecule has 0 spiro atoms. The highest BCUT2D eigenvalue weighted by Gasteiger charge is 2.15. The lowest BCUT2D eigenvalue weighted by molar-refractivity contribution is 0.569. The Bertz CT molecular complexity index is 111. The highest BCUT2D eigenvalue weighted by Crippen LogP contribution is 2.11. The summed E-state index contributed by atoms with van der Waals surface area (Å²) in [5, 5.41) is 3.29. The molecular weight excluding hydrogens is 130 g/mol. The topological polar surface area (TPSA) is 12.0 Å². The molecule has 0 aliphatic carbocycles. The molecule has 1 heterocycles. The van der Waals surface area contributed by atoms with Crippen molar-refractivity contribution in [3.63, 3.8) is 0 Å². The smallest absolute Gasteiger partial charge is 0.0756 e. The van der Waals surface area contributed by atoms with Gasteiger partial charge in [0.2, 0.25) is 0 Å². The normalized spacial score (nSPS) is 26.3. The van der Waals surface area contributed by atoms with Crippen LogP contribution in [0.1, 0.15) is 32.6 Å². The number of nitrogens with one attached hydrogen (secondary N) is 1. The lowest BCUT2D eigenvalue weighted by atomic mass is 10.1. The Morgan fingerprint density at radius 2 is 2.56 bits per heavy atom. The molecule has 1 unspecified atom stereocenters. The summed E-state index contributed by atoms with van der Waals surface area (Å²) < 4.78 is 0. The average Bonchev–Trinajstić information content (AvgIpc) is 2.17. The van der Waals surface area contributed by atoms with Crippen molar-refractivity contribution in [2.45, 2.75) is 38.6 Å². The van der Waals surface area contributed by atoms with Gasteiger partial charge in [-0.2, -0.15) is 0 Å². The van der Waals surface area contributed by atoms with Gasteiger partial charge >= 0.3 is 0 Å². The van der Waals surface area contributed by atoms with Crippen molar-refractivity contribution in [3.8, 4) is 0 Å². The molecule has 1 fully saturated rings. The zero-order chi connectivity index (χ0) is 6.69. The van der Waals surface area contributed by atoms with Gasteiger partial charge in [0.05, 0.1) is 4.99 Å². The van der Waals surface area contributed by atoms with Crippen LogP contribution in [0.4, 0.5) is 0 Å². The second-order valence-corrected chi connectivity index (χ2v) is 3.08. The van der Waals surface area contributed by atoms with Gasteiger partial charge in [-0.25, -0.2) is 0 Å². The first-order valence-electron chi connectivity index (χ1n) is 3.62. The molecular formula is C7H13NS. The van der Waals surface area contributed by atoms with Crippen molar-refractivity contribution in [2.24, 2.45) is 0 Å². The van der Waals surface area contributed by atoms with Crippen LogP contribution in [-0.4, -0.2) is 11.0 Å². The van der Waals surface area contributed by atoms with Crippen LogP contribution in [0.3, 0.4) is 0 Å². The van der Waals surface area contributed by atoms with Crippen LogP contribution in [0.25, 0.3) is 0 Å². The summed E-state index contributed by atoms with van der Waals surface area (Å²) in [5.74, 6) is 0. The number of thiocarbonyl (C=S) groups is 1. The van der Waals surface area contributed by atoms with Gasteiger partial charge in [-0.1, -0.05) is 25.6 Å². The van der Waals surface area contributed by atoms with E-state index in [1.165, 1.54) is 19.3 Å². The van der Waals surface area contributed by atoms with Crippen LogP contribution >= 0.6 is 12.2 Å². The van der Waals surface area contributed by atoms with Crippen LogP contribution in [0.2, 0.25) is 0 Å². The summed E-state index contributed by atoms with van der Waals surface area (Å²) in [6.45, 7) is 2.21. The molecule has 0 saturated carbocycles. The van der Waals surface area contributed by atoms with Crippen molar-refractivity contribution in [1.29, 1.82) is 0 Å². The first-order valence-corrected chi connectivity index (χ1v) is 4.03. The maximum atomic E-state index is 5.00. The molecule has 1 aliphatic rings. The first-order chi connectivity index (χ1) is 4.33. The van der Waals surface area contributed by atoms with Gasteiger partial charge in [0.1, 0.15) is 0 Å². The monoisotopic (exact) mass is 143 g/mol. The number of hydrogen-bond donors (Lipinski definition) is 1. The Hall–Kier alpha value is -0.110. The number of rotatable bonds is 2. The van der Waals surface area contributed by atoms with Gasteiger partial charge in [0, 0.05) is 6.04 Å². The zero-order valence-electron chi connectivity index (χ0n) is 5.81. The zero-order valence-corrected chi connectivity index (χ0v) is 6.63. The van der Waals surface area contributed by atoms with E-state index in [0.717, 1.165) is 11.4 Å². The summed E-state index contributed by atoms with van der Waals surface area (Å²) in [4.78, 5) is 1.06. The van der Waals surface area contributed by atoms with E-state index in [1.54, 1.807) is 0 Å². The lowest BCUT2D eigenvalue weighted by Crippen LogP contribution is -2.23. The highest BCUT2D eigenvalue weighted by atomic mass is 32.1. The Balaban J connectivity index is 2.22. The van der Waals surface area contributed by atoms with Gasteiger partial charge in [-0.15, -0.1) is 0 Å². The lowest BCUT2D eigenvalue weighted by Gasteiger charge is -2.06. The second-order valence-electron chi connectivity index (χ2n) is 2.59. The fourth-order valence-corrected chi connectivity index (χ4v) is 1.53. The van der Waals surface area contributed by atoms with E-state index in [4.69, 9.17) is 12.2 Å². The molecule has 1 N–H and O–H groups in total. The largest absolute Gasteiger partial charge is 0.377 e. The number of hydrogen-bond acceptors (Lipinski definition) is 1. The van der Waals surface area contributed by atoms with Gasteiger partial charge in [0.15, 0.2) is 0 Å². The quantitative estimate of drug-likeness (QED) is 0.592. The molecule has 0 aromatic heterocycles. The van der Waals surface area contributed by atoms with Crippen molar-refractivity contribution < 1.29 is 0 Å². The Morgan fingerprint density at radius 1 is 1.78 bits per heavy atom. The third-order valence-electron chi connectivity index (χ3n) is 1.72. The maximum Gasteiger partial charge on any atom is 0.0756 e. The van der Waals surface area contributed by atoms with Gasteiger partial charge in [-0.3, -0.25) is 0 Å². The van der Waals surface area contributed by atoms with E-state index < -0.39 is 0 Å². The molecule has 0 bridgehead atoms. The van der Waals surface area contributed by atoms with Gasteiger partial charge < -0.3 is 5.32 Å². The van der Waals surface area contributed by atoms with E-state index in [2.05, 4.69) is 12.2 Å². The molecule has 2 heteroatoms. The Kier molecular flexibility index (Phi) is 2.46. The first kappa shape index (κ1) is 7.00. The fraction of sp³-hybridized carbons (Fsp3) is 0.857. The van der Waals surface area contributed by atoms with Gasteiger partial charge in [-0.05, 0) is 19.3 Å². The third-order valence-corrected chi connectivity index (χ3v) is 2.04. The van der Waals surface area contributed by atoms with E-state index in [9.17, 15) is 0 Å². The summed E-state index contributed by atoms with van der Waals surface area (Å²) >= 11 is 5.00. The van der Waals surface area contributed by atoms with Crippen LogP contribution in [0.5, 0.6) is 0 Å². The minimum Gasteiger partial charge on any atom is -0.377 e. The van der Waals surface area contributed by atoms with Crippen molar-refractivity contribution in [3.05, 3.63) is 0 Å². The summed E-state index contributed by atoms with van der Waals surface area (Å²) in [6, 6.07) is 0.697. The molecule has 1 atom stereocenters. The Morgan fingerprint density at radius 3 is 3.00 bits per heavy atom. The van der Waals surface area contributed by atoms with E-state index in [1.807, 2.05) is 0 Å². The molecule has 1 rings (SSSR count). The van der Waals surface area contributed by atoms with Crippen LogP contribution in [-0.2, 0) is 0 Å². The molecule has 1 aliphatic heterocycles. The SMILES string of the molecule is CCCC1CCC(=S)N1. The predicted octanol–water partition coefficient (Wildman–Crippen LogP) is 1.87. The van der Waals surface area contributed by atoms with Crippen molar-refractivity contribution in [1.82, 2.24) is 5.32 Å². The molecule has 0 amide bonds. The van der Waals surface area contributed by atoms with Crippen LogP contribution < -0.4 is 5.32 Å². The minimum absolute atomic E-state index is 0.697. The molecule has 0 aromatic rings. The van der Waals surface area contributed by atoms with Crippen LogP contribution in [0, 0.1) is 0 Å². The average molecular weight is 143 g/mol.